The van der Waals surface area contributed by atoms with Crippen LogP contribution in [0.15, 0.2) is 54.6 Å². The Balaban J connectivity index is 1.19. The zero-order chi connectivity index (χ0) is 19.2. The van der Waals surface area contributed by atoms with E-state index in [0.29, 0.717) is 0 Å². The summed E-state index contributed by atoms with van der Waals surface area (Å²) in [5.74, 6) is 0. The Morgan fingerprint density at radius 1 is 0.750 bits per heavy atom. The van der Waals surface area contributed by atoms with Gasteiger partial charge in [-0.3, -0.25) is 4.90 Å². The molecule has 0 unspecified atom stereocenters. The van der Waals surface area contributed by atoms with Crippen LogP contribution in [0.5, 0.6) is 0 Å². The molecule has 2 saturated heterocycles. The summed E-state index contributed by atoms with van der Waals surface area (Å²) in [7, 11) is 0. The molecule has 2 aliphatic rings. The molecule has 0 radical (unpaired) electrons. The van der Waals surface area contributed by atoms with E-state index in [2.05, 4.69) is 76.2 Å². The van der Waals surface area contributed by atoms with Gasteiger partial charge in [-0.25, -0.2) is 0 Å². The number of nitrogens with zero attached hydrogens (tertiary/aromatic N) is 3. The molecule has 3 nitrogen and oxygen atoms in total. The number of piperazine rings is 1. The molecular formula is C25H35N3. The first-order valence-electron chi connectivity index (χ1n) is 11.2. The third-order valence-electron chi connectivity index (χ3n) is 6.66. The highest BCUT2D eigenvalue weighted by molar-refractivity contribution is 5.48. The summed E-state index contributed by atoms with van der Waals surface area (Å²) in [4.78, 5) is 7.98. The molecule has 0 saturated carbocycles. The molecule has 150 valence electrons. The van der Waals surface area contributed by atoms with Crippen LogP contribution in [0.3, 0.4) is 0 Å². The topological polar surface area (TPSA) is 9.72 Å². The van der Waals surface area contributed by atoms with E-state index in [1.54, 1.807) is 0 Å². The van der Waals surface area contributed by atoms with E-state index in [4.69, 9.17) is 0 Å². The summed E-state index contributed by atoms with van der Waals surface area (Å²) in [6, 6.07) is 20.9. The van der Waals surface area contributed by atoms with E-state index in [1.807, 2.05) is 0 Å². The molecule has 0 bridgehead atoms. The van der Waals surface area contributed by atoms with Crippen molar-refractivity contribution >= 4 is 5.69 Å². The number of hydrogen-bond donors (Lipinski definition) is 0. The second kappa shape index (κ2) is 9.58. The summed E-state index contributed by atoms with van der Waals surface area (Å²) in [5, 5.41) is 0. The standard InChI is InChI=1S/C25H35N3/c1-2-22-8-10-24(11-9-22)27-18-20-28(21-19-27)25-13-16-26(17-14-25)15-12-23-6-4-3-5-7-23/h3-11,25H,2,12-21H2,1H3. The summed E-state index contributed by atoms with van der Waals surface area (Å²) < 4.78 is 0. The smallest absolute Gasteiger partial charge is 0.0367 e. The van der Waals surface area contributed by atoms with E-state index in [0.717, 1.165) is 12.5 Å². The number of benzene rings is 2. The van der Waals surface area contributed by atoms with E-state index in [9.17, 15) is 0 Å². The van der Waals surface area contributed by atoms with Gasteiger partial charge in [0.2, 0.25) is 0 Å². The van der Waals surface area contributed by atoms with Crippen molar-refractivity contribution < 1.29 is 0 Å². The predicted molar refractivity (Wildman–Crippen MR) is 119 cm³/mol. The Bertz CT molecular complexity index is 696. The zero-order valence-corrected chi connectivity index (χ0v) is 17.4. The maximum atomic E-state index is 2.76. The van der Waals surface area contributed by atoms with Crippen LogP contribution in [0.2, 0.25) is 0 Å². The van der Waals surface area contributed by atoms with Gasteiger partial charge in [0, 0.05) is 44.5 Å². The second-order valence-corrected chi connectivity index (χ2v) is 8.35. The van der Waals surface area contributed by atoms with Gasteiger partial charge >= 0.3 is 0 Å². The van der Waals surface area contributed by atoms with Crippen molar-refractivity contribution in [3.8, 4) is 0 Å². The second-order valence-electron chi connectivity index (χ2n) is 8.35. The molecule has 0 aliphatic carbocycles. The van der Waals surface area contributed by atoms with Crippen LogP contribution in [0.1, 0.15) is 30.9 Å². The van der Waals surface area contributed by atoms with Gasteiger partial charge in [0.1, 0.15) is 0 Å². The minimum Gasteiger partial charge on any atom is -0.369 e. The van der Waals surface area contributed by atoms with Crippen LogP contribution in [0, 0.1) is 0 Å². The monoisotopic (exact) mass is 377 g/mol. The molecule has 3 heteroatoms. The highest BCUT2D eigenvalue weighted by Gasteiger charge is 2.27. The molecule has 0 spiro atoms. The van der Waals surface area contributed by atoms with Gasteiger partial charge in [-0.1, -0.05) is 49.4 Å². The summed E-state index contributed by atoms with van der Waals surface area (Å²) in [6.45, 7) is 10.7. The molecular weight excluding hydrogens is 342 g/mol. The number of piperidine rings is 1. The molecule has 0 N–H and O–H groups in total. The van der Waals surface area contributed by atoms with Crippen LogP contribution < -0.4 is 4.90 Å². The van der Waals surface area contributed by atoms with Crippen molar-refractivity contribution in [1.82, 2.24) is 9.80 Å². The molecule has 28 heavy (non-hydrogen) atoms. The lowest BCUT2D eigenvalue weighted by Crippen LogP contribution is -2.53. The van der Waals surface area contributed by atoms with Crippen LogP contribution in [0.4, 0.5) is 5.69 Å². The molecule has 2 aromatic carbocycles. The van der Waals surface area contributed by atoms with Crippen molar-refractivity contribution in [3.63, 3.8) is 0 Å². The van der Waals surface area contributed by atoms with Crippen LogP contribution in [0.25, 0.3) is 0 Å². The molecule has 0 amide bonds. The third-order valence-corrected chi connectivity index (χ3v) is 6.66. The van der Waals surface area contributed by atoms with Gasteiger partial charge in [0.05, 0.1) is 0 Å². The van der Waals surface area contributed by atoms with Crippen molar-refractivity contribution in [2.75, 3.05) is 50.7 Å². The average molecular weight is 378 g/mol. The maximum absolute atomic E-state index is 2.76. The van der Waals surface area contributed by atoms with Crippen molar-refractivity contribution in [2.45, 2.75) is 38.6 Å². The Kier molecular flexibility index (Phi) is 6.66. The molecule has 0 atom stereocenters. The van der Waals surface area contributed by atoms with Crippen molar-refractivity contribution in [2.24, 2.45) is 0 Å². The lowest BCUT2D eigenvalue weighted by atomic mass is 10.0. The minimum absolute atomic E-state index is 0.789. The largest absolute Gasteiger partial charge is 0.369 e. The predicted octanol–water partition coefficient (Wildman–Crippen LogP) is 4.08. The fourth-order valence-electron chi connectivity index (χ4n) is 4.73. The minimum atomic E-state index is 0.789. The van der Waals surface area contributed by atoms with Gasteiger partial charge in [-0.15, -0.1) is 0 Å². The fraction of sp³-hybridized carbons (Fsp3) is 0.520. The van der Waals surface area contributed by atoms with E-state index in [-0.39, 0.29) is 0 Å². The van der Waals surface area contributed by atoms with E-state index >= 15 is 0 Å². The van der Waals surface area contributed by atoms with Crippen molar-refractivity contribution in [3.05, 3.63) is 65.7 Å². The van der Waals surface area contributed by atoms with Gasteiger partial charge in [-0.2, -0.15) is 0 Å². The summed E-state index contributed by atoms with van der Waals surface area (Å²) >= 11 is 0. The van der Waals surface area contributed by atoms with Crippen molar-refractivity contribution in [1.29, 1.82) is 0 Å². The van der Waals surface area contributed by atoms with Gasteiger partial charge in [0.25, 0.3) is 0 Å². The number of rotatable bonds is 6. The Morgan fingerprint density at radius 3 is 2.07 bits per heavy atom. The van der Waals surface area contributed by atoms with Crippen LogP contribution >= 0.6 is 0 Å². The molecule has 4 rings (SSSR count). The first-order valence-corrected chi connectivity index (χ1v) is 11.2. The third kappa shape index (κ3) is 4.95. The Morgan fingerprint density at radius 2 is 1.43 bits per heavy atom. The van der Waals surface area contributed by atoms with E-state index in [1.165, 1.54) is 81.9 Å². The quantitative estimate of drug-likeness (QED) is 0.751. The molecule has 2 aromatic rings. The zero-order valence-electron chi connectivity index (χ0n) is 17.4. The number of anilines is 1. The summed E-state index contributed by atoms with van der Waals surface area (Å²) in [6.07, 6.45) is 4.97. The van der Waals surface area contributed by atoms with Gasteiger partial charge in [0.15, 0.2) is 0 Å². The first kappa shape index (κ1) is 19.5. The maximum Gasteiger partial charge on any atom is 0.0367 e. The normalized spacial score (nSPS) is 19.8. The highest BCUT2D eigenvalue weighted by Crippen LogP contribution is 2.22. The Labute approximate surface area is 171 Å². The van der Waals surface area contributed by atoms with Gasteiger partial charge < -0.3 is 9.80 Å². The fourth-order valence-corrected chi connectivity index (χ4v) is 4.73. The molecule has 2 fully saturated rings. The molecule has 0 aromatic heterocycles. The molecule has 2 aliphatic heterocycles. The van der Waals surface area contributed by atoms with Gasteiger partial charge in [-0.05, 0) is 62.0 Å². The summed E-state index contributed by atoms with van der Waals surface area (Å²) in [5.41, 5.74) is 4.29. The Hall–Kier alpha value is -1.84. The highest BCUT2D eigenvalue weighted by atomic mass is 15.3. The van der Waals surface area contributed by atoms with Crippen LogP contribution in [-0.2, 0) is 12.8 Å². The lowest BCUT2D eigenvalue weighted by Gasteiger charge is -2.43. The SMILES string of the molecule is CCc1ccc(N2CCN(C3CCN(CCc4ccccc4)CC3)CC2)cc1. The number of likely N-dealkylation sites (tertiary alicyclic amines) is 1. The van der Waals surface area contributed by atoms with E-state index < -0.39 is 0 Å². The lowest BCUT2D eigenvalue weighted by molar-refractivity contribution is 0.104. The average Bonchev–Trinajstić information content (AvgIpc) is 2.79. The number of hydrogen-bond acceptors (Lipinski definition) is 3. The van der Waals surface area contributed by atoms with Crippen LogP contribution in [-0.4, -0.2) is 61.7 Å². The first-order chi connectivity index (χ1) is 13.8. The molecule has 2 heterocycles. The number of aryl methyl sites for hydroxylation is 1.